The van der Waals surface area contributed by atoms with E-state index in [1.807, 2.05) is 80.6 Å². The smallest absolute Gasteiger partial charge is 0.244 e. The predicted molar refractivity (Wildman–Crippen MR) is 164 cm³/mol. The largest absolute Gasteiger partial charge is 0.352 e. The highest BCUT2D eigenvalue weighted by molar-refractivity contribution is 7.92. The van der Waals surface area contributed by atoms with Crippen LogP contribution in [0.4, 0.5) is 5.69 Å². The van der Waals surface area contributed by atoms with Gasteiger partial charge in [0.2, 0.25) is 21.8 Å². The first-order chi connectivity index (χ1) is 19.6. The van der Waals surface area contributed by atoms with Crippen molar-refractivity contribution in [2.24, 2.45) is 0 Å². The number of rotatable bonds is 11. The minimum Gasteiger partial charge on any atom is -0.352 e. The summed E-state index contributed by atoms with van der Waals surface area (Å²) < 4.78 is 27.3. The van der Waals surface area contributed by atoms with Gasteiger partial charge in [-0.25, -0.2) is 8.42 Å². The summed E-state index contributed by atoms with van der Waals surface area (Å²) >= 11 is 0. The van der Waals surface area contributed by atoms with E-state index in [1.54, 1.807) is 17.0 Å². The third-order valence-electron chi connectivity index (χ3n) is 7.94. The highest BCUT2D eigenvalue weighted by atomic mass is 32.2. The first kappa shape index (κ1) is 30.3. The Morgan fingerprint density at radius 1 is 0.854 bits per heavy atom. The van der Waals surface area contributed by atoms with Crippen LogP contribution in [-0.2, 0) is 32.6 Å². The van der Waals surface area contributed by atoms with Crippen LogP contribution in [-0.4, -0.2) is 50.0 Å². The van der Waals surface area contributed by atoms with E-state index >= 15 is 0 Å². The van der Waals surface area contributed by atoms with Crippen molar-refractivity contribution in [1.29, 1.82) is 0 Å². The Bertz CT molecular complexity index is 1420. The van der Waals surface area contributed by atoms with Crippen molar-refractivity contribution in [2.45, 2.75) is 71.0 Å². The van der Waals surface area contributed by atoms with Crippen LogP contribution >= 0.6 is 0 Å². The standard InChI is InChI=1S/C33H41N3O4S/c1-25-14-13-21-30(26(25)2)36(41(3,39)40)24-32(37)35(23-28-17-9-5-10-18-28)31(22-27-15-7-4-8-16-27)33(38)34-29-19-11-6-12-20-29/h4-5,7-10,13-18,21,29,31H,6,11-12,19-20,22-24H2,1-3H3,(H,34,38)/t31-/m1/s1. The number of benzene rings is 3. The number of amides is 2. The van der Waals surface area contributed by atoms with Gasteiger partial charge in [0.25, 0.3) is 0 Å². The van der Waals surface area contributed by atoms with E-state index in [0.717, 1.165) is 64.9 Å². The molecule has 7 nitrogen and oxygen atoms in total. The Labute approximate surface area is 244 Å². The van der Waals surface area contributed by atoms with Gasteiger partial charge in [-0.15, -0.1) is 0 Å². The molecule has 0 bridgehead atoms. The van der Waals surface area contributed by atoms with E-state index in [2.05, 4.69) is 5.32 Å². The lowest BCUT2D eigenvalue weighted by Crippen LogP contribution is -2.55. The summed E-state index contributed by atoms with van der Waals surface area (Å²) in [6, 6.07) is 23.9. The zero-order chi connectivity index (χ0) is 29.4. The van der Waals surface area contributed by atoms with Gasteiger partial charge in [-0.1, -0.05) is 92.1 Å². The van der Waals surface area contributed by atoms with Gasteiger partial charge in [0.15, 0.2) is 0 Å². The van der Waals surface area contributed by atoms with Gasteiger partial charge < -0.3 is 10.2 Å². The molecule has 41 heavy (non-hydrogen) atoms. The minimum absolute atomic E-state index is 0.0747. The molecule has 0 aliphatic heterocycles. The fraction of sp³-hybridized carbons (Fsp3) is 0.394. The topological polar surface area (TPSA) is 86.8 Å². The predicted octanol–water partition coefficient (Wildman–Crippen LogP) is 5.16. The van der Waals surface area contributed by atoms with Crippen molar-refractivity contribution in [3.8, 4) is 0 Å². The lowest BCUT2D eigenvalue weighted by atomic mass is 9.94. The molecule has 8 heteroatoms. The van der Waals surface area contributed by atoms with Crippen LogP contribution in [0.1, 0.15) is 54.4 Å². The second-order valence-electron chi connectivity index (χ2n) is 11.0. The maximum atomic E-state index is 14.2. The molecule has 0 spiro atoms. The summed E-state index contributed by atoms with van der Waals surface area (Å²) in [5.41, 5.74) is 3.97. The Balaban J connectivity index is 1.72. The molecule has 3 aromatic rings. The molecule has 0 saturated heterocycles. The lowest BCUT2D eigenvalue weighted by molar-refractivity contribution is -0.140. The van der Waals surface area contributed by atoms with E-state index in [4.69, 9.17) is 0 Å². The Morgan fingerprint density at radius 2 is 1.46 bits per heavy atom. The average molecular weight is 576 g/mol. The first-order valence-corrected chi connectivity index (χ1v) is 16.2. The molecule has 218 valence electrons. The number of nitrogens with zero attached hydrogens (tertiary/aromatic N) is 2. The van der Waals surface area contributed by atoms with Crippen LogP contribution in [0.3, 0.4) is 0 Å². The molecule has 1 fully saturated rings. The highest BCUT2D eigenvalue weighted by Gasteiger charge is 2.34. The number of carbonyl (C=O) groups excluding carboxylic acids is 2. The van der Waals surface area contributed by atoms with E-state index in [-0.39, 0.29) is 18.5 Å². The summed E-state index contributed by atoms with van der Waals surface area (Å²) in [6.07, 6.45) is 6.58. The molecule has 4 rings (SSSR count). The van der Waals surface area contributed by atoms with Crippen molar-refractivity contribution < 1.29 is 18.0 Å². The van der Waals surface area contributed by atoms with Crippen molar-refractivity contribution in [2.75, 3.05) is 17.1 Å². The molecule has 1 aliphatic rings. The van der Waals surface area contributed by atoms with Crippen molar-refractivity contribution in [3.05, 3.63) is 101 Å². The fourth-order valence-corrected chi connectivity index (χ4v) is 6.38. The zero-order valence-corrected chi connectivity index (χ0v) is 25.1. The number of nitrogens with one attached hydrogen (secondary N) is 1. The molecule has 3 aromatic carbocycles. The molecule has 1 atom stereocenters. The lowest BCUT2D eigenvalue weighted by Gasteiger charge is -2.35. The molecule has 0 radical (unpaired) electrons. The van der Waals surface area contributed by atoms with Crippen molar-refractivity contribution in [3.63, 3.8) is 0 Å². The van der Waals surface area contributed by atoms with Gasteiger partial charge in [0.1, 0.15) is 12.6 Å². The number of hydrogen-bond donors (Lipinski definition) is 1. The summed E-state index contributed by atoms with van der Waals surface area (Å²) in [4.78, 5) is 29.8. The fourth-order valence-electron chi connectivity index (χ4n) is 5.48. The zero-order valence-electron chi connectivity index (χ0n) is 24.3. The van der Waals surface area contributed by atoms with Gasteiger partial charge in [-0.2, -0.15) is 0 Å². The van der Waals surface area contributed by atoms with Crippen LogP contribution in [0, 0.1) is 13.8 Å². The highest BCUT2D eigenvalue weighted by Crippen LogP contribution is 2.26. The molecule has 0 heterocycles. The maximum Gasteiger partial charge on any atom is 0.244 e. The summed E-state index contributed by atoms with van der Waals surface area (Å²) in [5.74, 6) is -0.636. The quantitative estimate of drug-likeness (QED) is 0.342. The second-order valence-corrected chi connectivity index (χ2v) is 13.0. The number of carbonyl (C=O) groups is 2. The van der Waals surface area contributed by atoms with E-state index in [0.29, 0.717) is 12.1 Å². The molecular formula is C33H41N3O4S. The number of hydrogen-bond acceptors (Lipinski definition) is 4. The molecule has 0 unspecified atom stereocenters. The van der Waals surface area contributed by atoms with Crippen LogP contribution in [0.15, 0.2) is 78.9 Å². The Morgan fingerprint density at radius 3 is 2.07 bits per heavy atom. The SMILES string of the molecule is Cc1cccc(N(CC(=O)N(Cc2ccccc2)[C@H](Cc2ccccc2)C(=O)NC2CCCCC2)S(C)(=O)=O)c1C. The maximum absolute atomic E-state index is 14.2. The van der Waals surface area contributed by atoms with Crippen molar-refractivity contribution in [1.82, 2.24) is 10.2 Å². The van der Waals surface area contributed by atoms with Crippen molar-refractivity contribution >= 4 is 27.5 Å². The summed E-state index contributed by atoms with van der Waals surface area (Å²) in [7, 11) is -3.80. The van der Waals surface area contributed by atoms with E-state index in [1.165, 1.54) is 0 Å². The monoisotopic (exact) mass is 575 g/mol. The number of sulfonamides is 1. The third-order valence-corrected chi connectivity index (χ3v) is 9.07. The van der Waals surface area contributed by atoms with E-state index < -0.39 is 28.5 Å². The molecule has 1 N–H and O–H groups in total. The van der Waals surface area contributed by atoms with Gasteiger partial charge in [0, 0.05) is 19.0 Å². The number of anilines is 1. The van der Waals surface area contributed by atoms with Gasteiger partial charge in [-0.3, -0.25) is 13.9 Å². The van der Waals surface area contributed by atoms with Gasteiger partial charge >= 0.3 is 0 Å². The Kier molecular flexibility index (Phi) is 10.2. The second kappa shape index (κ2) is 13.8. The van der Waals surface area contributed by atoms with Crippen LogP contribution in [0.5, 0.6) is 0 Å². The third kappa shape index (κ3) is 8.19. The summed E-state index contributed by atoms with van der Waals surface area (Å²) in [5, 5.41) is 3.23. The Hall–Kier alpha value is -3.65. The molecule has 1 aliphatic carbocycles. The number of aryl methyl sites for hydroxylation is 1. The summed E-state index contributed by atoms with van der Waals surface area (Å²) in [6.45, 7) is 3.54. The molecule has 2 amide bonds. The van der Waals surface area contributed by atoms with Crippen LogP contribution in [0.2, 0.25) is 0 Å². The minimum atomic E-state index is -3.80. The van der Waals surface area contributed by atoms with Crippen LogP contribution in [0.25, 0.3) is 0 Å². The first-order valence-electron chi connectivity index (χ1n) is 14.3. The molecule has 1 saturated carbocycles. The van der Waals surface area contributed by atoms with Gasteiger partial charge in [0.05, 0.1) is 11.9 Å². The van der Waals surface area contributed by atoms with Crippen LogP contribution < -0.4 is 9.62 Å². The van der Waals surface area contributed by atoms with Gasteiger partial charge in [-0.05, 0) is 55.0 Å². The average Bonchev–Trinajstić information content (AvgIpc) is 2.96. The molecule has 0 aromatic heterocycles. The molecular weight excluding hydrogens is 534 g/mol. The normalized spacial score (nSPS) is 14.7. The van der Waals surface area contributed by atoms with E-state index in [9.17, 15) is 18.0 Å².